The van der Waals surface area contributed by atoms with Crippen molar-refractivity contribution in [3.05, 3.63) is 29.3 Å². The summed E-state index contributed by atoms with van der Waals surface area (Å²) in [7, 11) is 0. The molecule has 1 aromatic carbocycles. The van der Waals surface area contributed by atoms with E-state index in [4.69, 9.17) is 16.7 Å². The highest BCUT2D eigenvalue weighted by Crippen LogP contribution is 2.31. The highest BCUT2D eigenvalue weighted by atomic mass is 35.5. The maximum Gasteiger partial charge on any atom is 0.303 e. The molecule has 20 heavy (non-hydrogen) atoms. The fourth-order valence-electron chi connectivity index (χ4n) is 2.41. The largest absolute Gasteiger partial charge is 0.481 e. The number of likely N-dealkylation sites (tertiary alicyclic amines) is 1. The molecule has 1 saturated heterocycles. The lowest BCUT2D eigenvalue weighted by molar-refractivity contribution is -0.137. The van der Waals surface area contributed by atoms with Gasteiger partial charge in [-0.2, -0.15) is 0 Å². The van der Waals surface area contributed by atoms with Gasteiger partial charge in [0, 0.05) is 21.6 Å². The van der Waals surface area contributed by atoms with Crippen molar-refractivity contribution in [2.24, 2.45) is 0 Å². The molecule has 0 radical (unpaired) electrons. The zero-order valence-corrected chi connectivity index (χ0v) is 13.0. The molecule has 0 amide bonds. The number of rotatable bonds is 6. The van der Waals surface area contributed by atoms with E-state index in [0.717, 1.165) is 31.1 Å². The molecule has 1 aromatic rings. The lowest BCUT2D eigenvalue weighted by Crippen LogP contribution is -2.35. The van der Waals surface area contributed by atoms with E-state index in [1.807, 2.05) is 23.9 Å². The number of hydrogen-bond acceptors (Lipinski definition) is 3. The van der Waals surface area contributed by atoms with Gasteiger partial charge in [0.2, 0.25) is 0 Å². The summed E-state index contributed by atoms with van der Waals surface area (Å²) in [5.74, 6) is -0.696. The average molecular weight is 314 g/mol. The molecule has 0 spiro atoms. The van der Waals surface area contributed by atoms with Crippen LogP contribution >= 0.6 is 23.4 Å². The molecule has 0 aromatic heterocycles. The van der Waals surface area contributed by atoms with Crippen molar-refractivity contribution >= 4 is 29.3 Å². The van der Waals surface area contributed by atoms with Crippen molar-refractivity contribution in [1.29, 1.82) is 0 Å². The Morgan fingerprint density at radius 1 is 1.30 bits per heavy atom. The van der Waals surface area contributed by atoms with E-state index in [1.54, 1.807) is 0 Å². The SMILES string of the molecule is O=C(O)CCCN1CCC(Sc2ccc(Cl)cc2)CC1. The summed E-state index contributed by atoms with van der Waals surface area (Å²) in [6.07, 6.45) is 3.37. The number of carboxylic acid groups (broad SMARTS) is 1. The van der Waals surface area contributed by atoms with Crippen molar-refractivity contribution < 1.29 is 9.90 Å². The van der Waals surface area contributed by atoms with Gasteiger partial charge in [-0.1, -0.05) is 11.6 Å². The van der Waals surface area contributed by atoms with Gasteiger partial charge in [-0.05, 0) is 63.2 Å². The molecule has 0 unspecified atom stereocenters. The first kappa shape index (κ1) is 15.7. The summed E-state index contributed by atoms with van der Waals surface area (Å²) in [5, 5.41) is 10.1. The number of carboxylic acids is 1. The molecule has 3 nitrogen and oxygen atoms in total. The van der Waals surface area contributed by atoms with Gasteiger partial charge < -0.3 is 10.0 Å². The van der Waals surface area contributed by atoms with Crippen LogP contribution in [0.3, 0.4) is 0 Å². The number of aliphatic carboxylic acids is 1. The van der Waals surface area contributed by atoms with Gasteiger partial charge in [0.25, 0.3) is 0 Å². The molecule has 0 atom stereocenters. The minimum atomic E-state index is -0.696. The van der Waals surface area contributed by atoms with Crippen LogP contribution in [0.15, 0.2) is 29.2 Å². The predicted octanol–water partition coefficient (Wildman–Crippen LogP) is 3.76. The van der Waals surface area contributed by atoms with E-state index >= 15 is 0 Å². The highest BCUT2D eigenvalue weighted by molar-refractivity contribution is 8.00. The van der Waals surface area contributed by atoms with Crippen molar-refractivity contribution in [2.75, 3.05) is 19.6 Å². The first-order valence-corrected chi connectivity index (χ1v) is 8.25. The second-order valence-corrected chi connectivity index (χ2v) is 6.92. The third-order valence-corrected chi connectivity index (χ3v) is 5.12. The topological polar surface area (TPSA) is 40.5 Å². The zero-order chi connectivity index (χ0) is 14.4. The third kappa shape index (κ3) is 5.35. The molecular formula is C15H20ClNO2S. The van der Waals surface area contributed by atoms with Gasteiger partial charge in [0.15, 0.2) is 0 Å². The molecule has 1 heterocycles. The summed E-state index contributed by atoms with van der Waals surface area (Å²) in [5.41, 5.74) is 0. The number of hydrogen-bond donors (Lipinski definition) is 1. The molecule has 2 rings (SSSR count). The second kappa shape index (κ2) is 7.91. The van der Waals surface area contributed by atoms with Crippen LogP contribution in [0, 0.1) is 0 Å². The van der Waals surface area contributed by atoms with E-state index in [-0.39, 0.29) is 6.42 Å². The number of benzene rings is 1. The number of piperidine rings is 1. The number of carbonyl (C=O) groups is 1. The van der Waals surface area contributed by atoms with Gasteiger partial charge in [-0.3, -0.25) is 4.79 Å². The normalized spacial score (nSPS) is 17.2. The van der Waals surface area contributed by atoms with Crippen molar-refractivity contribution in [1.82, 2.24) is 4.90 Å². The second-order valence-electron chi connectivity index (χ2n) is 5.11. The van der Waals surface area contributed by atoms with Crippen LogP contribution in [-0.4, -0.2) is 40.9 Å². The molecule has 0 aliphatic carbocycles. The maximum absolute atomic E-state index is 10.5. The van der Waals surface area contributed by atoms with Gasteiger partial charge in [-0.25, -0.2) is 0 Å². The Morgan fingerprint density at radius 2 is 1.95 bits per heavy atom. The fourth-order valence-corrected chi connectivity index (χ4v) is 3.66. The van der Waals surface area contributed by atoms with E-state index in [0.29, 0.717) is 5.25 Å². The number of nitrogens with zero attached hydrogens (tertiary/aromatic N) is 1. The van der Waals surface area contributed by atoms with Gasteiger partial charge in [-0.15, -0.1) is 11.8 Å². The minimum absolute atomic E-state index is 0.277. The summed E-state index contributed by atoms with van der Waals surface area (Å²) in [6, 6.07) is 8.02. The van der Waals surface area contributed by atoms with Crippen molar-refractivity contribution in [3.63, 3.8) is 0 Å². The monoisotopic (exact) mass is 313 g/mol. The number of halogens is 1. The van der Waals surface area contributed by atoms with Crippen molar-refractivity contribution in [2.45, 2.75) is 35.8 Å². The standard InChI is InChI=1S/C15H20ClNO2S/c16-12-3-5-13(6-4-12)20-14-7-10-17(11-8-14)9-1-2-15(18)19/h3-6,14H,1-2,7-11H2,(H,18,19). The Hall–Kier alpha value is -0.710. The van der Waals surface area contributed by atoms with Crippen LogP contribution in [0.4, 0.5) is 0 Å². The minimum Gasteiger partial charge on any atom is -0.481 e. The summed E-state index contributed by atoms with van der Waals surface area (Å²) in [6.45, 7) is 3.06. The van der Waals surface area contributed by atoms with E-state index < -0.39 is 5.97 Å². The van der Waals surface area contributed by atoms with E-state index in [9.17, 15) is 4.79 Å². The van der Waals surface area contributed by atoms with E-state index in [1.165, 1.54) is 17.7 Å². The average Bonchev–Trinajstić information content (AvgIpc) is 2.43. The van der Waals surface area contributed by atoms with Crippen molar-refractivity contribution in [3.8, 4) is 0 Å². The predicted molar refractivity (Wildman–Crippen MR) is 83.6 cm³/mol. The summed E-state index contributed by atoms with van der Waals surface area (Å²) >= 11 is 7.81. The Kier molecular flexibility index (Phi) is 6.20. The Bertz CT molecular complexity index is 430. The lowest BCUT2D eigenvalue weighted by atomic mass is 10.1. The van der Waals surface area contributed by atoms with Crippen LogP contribution < -0.4 is 0 Å². The van der Waals surface area contributed by atoms with Gasteiger partial charge in [0.05, 0.1) is 0 Å². The van der Waals surface area contributed by atoms with E-state index in [2.05, 4.69) is 17.0 Å². The molecule has 110 valence electrons. The molecule has 5 heteroatoms. The first-order valence-electron chi connectivity index (χ1n) is 7.00. The van der Waals surface area contributed by atoms with Gasteiger partial charge in [0.1, 0.15) is 0 Å². The summed E-state index contributed by atoms with van der Waals surface area (Å²) in [4.78, 5) is 14.1. The van der Waals surface area contributed by atoms with Crippen LogP contribution in [0.1, 0.15) is 25.7 Å². The molecule has 1 fully saturated rings. The Labute approximate surface area is 129 Å². The Morgan fingerprint density at radius 3 is 2.55 bits per heavy atom. The lowest BCUT2D eigenvalue weighted by Gasteiger charge is -2.31. The maximum atomic E-state index is 10.5. The quantitative estimate of drug-likeness (QED) is 0.868. The summed E-state index contributed by atoms with van der Waals surface area (Å²) < 4.78 is 0. The smallest absolute Gasteiger partial charge is 0.303 e. The van der Waals surface area contributed by atoms with Gasteiger partial charge >= 0.3 is 5.97 Å². The zero-order valence-electron chi connectivity index (χ0n) is 11.4. The molecule has 1 N–H and O–H groups in total. The molecule has 1 aliphatic heterocycles. The molecule has 0 saturated carbocycles. The highest BCUT2D eigenvalue weighted by Gasteiger charge is 2.19. The van der Waals surface area contributed by atoms with Crippen LogP contribution in [0.5, 0.6) is 0 Å². The van der Waals surface area contributed by atoms with Crippen LogP contribution in [0.25, 0.3) is 0 Å². The van der Waals surface area contributed by atoms with Crippen LogP contribution in [-0.2, 0) is 4.79 Å². The van der Waals surface area contributed by atoms with Crippen LogP contribution in [0.2, 0.25) is 5.02 Å². The Balaban J connectivity index is 1.68. The number of thioether (sulfide) groups is 1. The molecule has 0 bridgehead atoms. The molecule has 1 aliphatic rings. The first-order chi connectivity index (χ1) is 9.63. The fraction of sp³-hybridized carbons (Fsp3) is 0.533. The third-order valence-electron chi connectivity index (χ3n) is 3.52. The molecular weight excluding hydrogens is 294 g/mol.